The van der Waals surface area contributed by atoms with Gasteiger partial charge in [0.25, 0.3) is 11.5 Å². The number of ether oxygens (including phenoxy) is 1. The summed E-state index contributed by atoms with van der Waals surface area (Å²) in [6.45, 7) is 4.21. The van der Waals surface area contributed by atoms with Gasteiger partial charge in [-0.15, -0.1) is 0 Å². The zero-order valence-electron chi connectivity index (χ0n) is 19.4. The zero-order valence-corrected chi connectivity index (χ0v) is 19.4. The van der Waals surface area contributed by atoms with Crippen molar-refractivity contribution in [1.82, 2.24) is 14.5 Å². The fraction of sp³-hybridized carbons (Fsp3) is 0.222. The number of hydrogen-bond donors (Lipinski definition) is 1. The fourth-order valence-electron chi connectivity index (χ4n) is 3.85. The first kappa shape index (κ1) is 23.0. The molecular formula is C27H27N3O4. The molecule has 0 spiro atoms. The van der Waals surface area contributed by atoms with E-state index in [2.05, 4.69) is 5.32 Å². The molecule has 0 aliphatic carbocycles. The maximum Gasteiger partial charge on any atom is 0.336 e. The van der Waals surface area contributed by atoms with Crippen LogP contribution in [0.15, 0.2) is 82.4 Å². The van der Waals surface area contributed by atoms with Crippen LogP contribution in [0.4, 0.5) is 0 Å². The molecule has 1 atom stereocenters. The van der Waals surface area contributed by atoms with E-state index in [4.69, 9.17) is 4.74 Å². The van der Waals surface area contributed by atoms with Crippen molar-refractivity contribution >= 4 is 16.8 Å². The van der Waals surface area contributed by atoms with Crippen molar-refractivity contribution in [2.75, 3.05) is 7.11 Å². The summed E-state index contributed by atoms with van der Waals surface area (Å²) in [7, 11) is 1.50. The Morgan fingerprint density at radius 2 is 1.65 bits per heavy atom. The third-order valence-corrected chi connectivity index (χ3v) is 5.92. The van der Waals surface area contributed by atoms with Crippen LogP contribution >= 0.6 is 0 Å². The first-order valence-corrected chi connectivity index (χ1v) is 11.2. The molecule has 1 amide bonds. The Bertz CT molecular complexity index is 1450. The molecule has 174 valence electrons. The van der Waals surface area contributed by atoms with Gasteiger partial charge in [0.05, 0.1) is 30.2 Å². The predicted octanol–water partition coefficient (Wildman–Crippen LogP) is 3.74. The van der Waals surface area contributed by atoms with Crippen LogP contribution in [0.3, 0.4) is 0 Å². The standard InChI is InChI=1S/C27H27N3O4/c1-4-18(2)28-25(31)20-15-13-19(14-16-20)17-29-22-10-6-5-9-21(22)26(32)30(27(29)33)23-11-7-8-12-24(23)34-3/h5-16,18H,4,17H2,1-3H3,(H,28,31)/t18-/m1/s1. The first-order chi connectivity index (χ1) is 16.4. The van der Waals surface area contributed by atoms with Crippen molar-refractivity contribution in [1.29, 1.82) is 0 Å². The molecule has 0 aliphatic rings. The lowest BCUT2D eigenvalue weighted by atomic mass is 10.1. The smallest absolute Gasteiger partial charge is 0.336 e. The Hall–Kier alpha value is -4.13. The van der Waals surface area contributed by atoms with Crippen LogP contribution in [0.25, 0.3) is 16.6 Å². The van der Waals surface area contributed by atoms with E-state index in [1.165, 1.54) is 7.11 Å². The van der Waals surface area contributed by atoms with E-state index in [9.17, 15) is 14.4 Å². The highest BCUT2D eigenvalue weighted by molar-refractivity contribution is 5.94. The third kappa shape index (κ3) is 4.37. The predicted molar refractivity (Wildman–Crippen MR) is 133 cm³/mol. The van der Waals surface area contributed by atoms with E-state index in [0.29, 0.717) is 27.9 Å². The number of benzene rings is 3. The van der Waals surface area contributed by atoms with Crippen molar-refractivity contribution < 1.29 is 9.53 Å². The minimum absolute atomic E-state index is 0.0909. The summed E-state index contributed by atoms with van der Waals surface area (Å²) >= 11 is 0. The van der Waals surface area contributed by atoms with Gasteiger partial charge in [0.1, 0.15) is 5.75 Å². The first-order valence-electron chi connectivity index (χ1n) is 11.2. The number of carbonyl (C=O) groups excluding carboxylic acids is 1. The van der Waals surface area contributed by atoms with Crippen LogP contribution in [-0.4, -0.2) is 28.2 Å². The molecule has 1 heterocycles. The lowest BCUT2D eigenvalue weighted by Crippen LogP contribution is -2.39. The van der Waals surface area contributed by atoms with Gasteiger partial charge in [0, 0.05) is 11.6 Å². The number of para-hydroxylation sites is 3. The molecule has 0 bridgehead atoms. The average molecular weight is 458 g/mol. The average Bonchev–Trinajstić information content (AvgIpc) is 2.87. The normalized spacial score (nSPS) is 11.9. The molecule has 0 radical (unpaired) electrons. The number of nitrogens with one attached hydrogen (secondary N) is 1. The van der Waals surface area contributed by atoms with Crippen LogP contribution in [0.1, 0.15) is 36.2 Å². The molecule has 3 aromatic carbocycles. The second kappa shape index (κ2) is 9.79. The summed E-state index contributed by atoms with van der Waals surface area (Å²) in [5, 5.41) is 3.38. The van der Waals surface area contributed by atoms with Gasteiger partial charge in [-0.05, 0) is 55.3 Å². The molecule has 0 unspecified atom stereocenters. The van der Waals surface area contributed by atoms with E-state index >= 15 is 0 Å². The molecule has 4 rings (SSSR count). The molecule has 7 nitrogen and oxygen atoms in total. The molecule has 0 saturated carbocycles. The van der Waals surface area contributed by atoms with Crippen LogP contribution in [0, 0.1) is 0 Å². The number of hydrogen-bond acceptors (Lipinski definition) is 4. The second-order valence-electron chi connectivity index (χ2n) is 8.18. The molecule has 0 aliphatic heterocycles. The number of rotatable bonds is 7. The van der Waals surface area contributed by atoms with Gasteiger partial charge in [-0.3, -0.25) is 14.2 Å². The lowest BCUT2D eigenvalue weighted by molar-refractivity contribution is 0.0939. The van der Waals surface area contributed by atoms with Crippen molar-refractivity contribution in [2.24, 2.45) is 0 Å². The van der Waals surface area contributed by atoms with Gasteiger partial charge < -0.3 is 10.1 Å². The lowest BCUT2D eigenvalue weighted by Gasteiger charge is -2.16. The molecule has 34 heavy (non-hydrogen) atoms. The highest BCUT2D eigenvalue weighted by atomic mass is 16.5. The maximum absolute atomic E-state index is 13.6. The molecule has 4 aromatic rings. The number of carbonyl (C=O) groups is 1. The molecular weight excluding hydrogens is 430 g/mol. The third-order valence-electron chi connectivity index (χ3n) is 5.92. The summed E-state index contributed by atoms with van der Waals surface area (Å²) in [6, 6.07) is 21.2. The Labute approximate surface area is 197 Å². The van der Waals surface area contributed by atoms with Crippen LogP contribution in [0.2, 0.25) is 0 Å². The van der Waals surface area contributed by atoms with Gasteiger partial charge in [0.15, 0.2) is 0 Å². The Morgan fingerprint density at radius 1 is 0.971 bits per heavy atom. The van der Waals surface area contributed by atoms with Gasteiger partial charge in [-0.25, -0.2) is 9.36 Å². The zero-order chi connectivity index (χ0) is 24.2. The van der Waals surface area contributed by atoms with Crippen molar-refractivity contribution in [3.05, 3.63) is 105 Å². The fourth-order valence-corrected chi connectivity index (χ4v) is 3.85. The van der Waals surface area contributed by atoms with E-state index in [1.54, 1.807) is 65.2 Å². The number of aromatic nitrogens is 2. The minimum atomic E-state index is -0.466. The Morgan fingerprint density at radius 3 is 2.35 bits per heavy atom. The quantitative estimate of drug-likeness (QED) is 0.458. The van der Waals surface area contributed by atoms with Crippen LogP contribution in [-0.2, 0) is 6.54 Å². The summed E-state index contributed by atoms with van der Waals surface area (Å²) in [5.74, 6) is 0.299. The van der Waals surface area contributed by atoms with Crippen molar-refractivity contribution in [3.63, 3.8) is 0 Å². The van der Waals surface area contributed by atoms with Crippen molar-refractivity contribution in [2.45, 2.75) is 32.9 Å². The van der Waals surface area contributed by atoms with Gasteiger partial charge in [-0.2, -0.15) is 0 Å². The van der Waals surface area contributed by atoms with Gasteiger partial charge >= 0.3 is 5.69 Å². The highest BCUT2D eigenvalue weighted by Crippen LogP contribution is 2.20. The summed E-state index contributed by atoms with van der Waals surface area (Å²) in [4.78, 5) is 39.3. The van der Waals surface area contributed by atoms with E-state index in [0.717, 1.165) is 16.6 Å². The molecule has 7 heteroatoms. The molecule has 1 N–H and O–H groups in total. The summed E-state index contributed by atoms with van der Waals surface area (Å²) in [6.07, 6.45) is 0.849. The number of methoxy groups -OCH3 is 1. The van der Waals surface area contributed by atoms with E-state index in [-0.39, 0.29) is 18.5 Å². The van der Waals surface area contributed by atoms with E-state index in [1.807, 2.05) is 26.0 Å². The second-order valence-corrected chi connectivity index (χ2v) is 8.18. The van der Waals surface area contributed by atoms with Gasteiger partial charge in [0.2, 0.25) is 0 Å². The Balaban J connectivity index is 1.80. The van der Waals surface area contributed by atoms with E-state index < -0.39 is 11.2 Å². The number of fused-ring (bicyclic) bond motifs is 1. The topological polar surface area (TPSA) is 82.3 Å². The number of nitrogens with zero attached hydrogens (tertiary/aromatic N) is 2. The van der Waals surface area contributed by atoms with Crippen LogP contribution < -0.4 is 21.3 Å². The maximum atomic E-state index is 13.6. The van der Waals surface area contributed by atoms with Crippen LogP contribution in [0.5, 0.6) is 5.75 Å². The minimum Gasteiger partial charge on any atom is -0.495 e. The largest absolute Gasteiger partial charge is 0.495 e. The summed E-state index contributed by atoms with van der Waals surface area (Å²) in [5.41, 5.74) is 1.45. The van der Waals surface area contributed by atoms with Crippen molar-refractivity contribution in [3.8, 4) is 11.4 Å². The Kier molecular flexibility index (Phi) is 6.63. The molecule has 0 fully saturated rings. The highest BCUT2D eigenvalue weighted by Gasteiger charge is 2.17. The van der Waals surface area contributed by atoms with Gasteiger partial charge in [-0.1, -0.05) is 43.3 Å². The summed E-state index contributed by atoms with van der Waals surface area (Å²) < 4.78 is 8.12. The number of amides is 1. The SMILES string of the molecule is CC[C@@H](C)NC(=O)c1ccc(Cn2c(=O)n(-c3ccccc3OC)c(=O)c3ccccc32)cc1. The monoisotopic (exact) mass is 457 g/mol. The molecule has 1 aromatic heterocycles. The molecule has 0 saturated heterocycles.